The van der Waals surface area contributed by atoms with E-state index < -0.39 is 5.60 Å². The van der Waals surface area contributed by atoms with Crippen LogP contribution in [0.5, 0.6) is 0 Å². The molecule has 6 heteroatoms. The average Bonchev–Trinajstić information content (AvgIpc) is 3.07. The van der Waals surface area contributed by atoms with Gasteiger partial charge in [0.15, 0.2) is 0 Å². The van der Waals surface area contributed by atoms with Crippen molar-refractivity contribution in [1.82, 2.24) is 15.5 Å². The fourth-order valence-electron chi connectivity index (χ4n) is 3.57. The number of carbonyl (C=O) groups is 1. The molecule has 0 spiro atoms. The van der Waals surface area contributed by atoms with E-state index in [1.165, 1.54) is 18.4 Å². The van der Waals surface area contributed by atoms with E-state index in [1.807, 2.05) is 6.07 Å². The normalized spacial score (nSPS) is 27.2. The van der Waals surface area contributed by atoms with Crippen LogP contribution < -0.4 is 10.6 Å². The number of nitrogens with zero attached hydrogens (tertiary/aromatic N) is 1. The maximum atomic E-state index is 12.1. The number of urea groups is 1. The summed E-state index contributed by atoms with van der Waals surface area (Å²) in [5.74, 6) is 0. The molecule has 2 heterocycles. The number of hydrogen-bond acceptors (Lipinski definition) is 4. The smallest absolute Gasteiger partial charge is 0.314 e. The van der Waals surface area contributed by atoms with Crippen molar-refractivity contribution < 1.29 is 14.6 Å². The molecule has 0 aliphatic carbocycles. The molecule has 0 aromatic heterocycles. The monoisotopic (exact) mass is 347 g/mol. The fraction of sp³-hybridized carbons (Fsp3) is 0.632. The summed E-state index contributed by atoms with van der Waals surface area (Å²) in [7, 11) is 0. The summed E-state index contributed by atoms with van der Waals surface area (Å²) in [5, 5.41) is 15.9. The molecule has 3 N–H and O–H groups in total. The highest BCUT2D eigenvalue weighted by Crippen LogP contribution is 2.19. The van der Waals surface area contributed by atoms with E-state index in [9.17, 15) is 9.90 Å². The van der Waals surface area contributed by atoms with E-state index in [0.717, 1.165) is 19.5 Å². The first-order valence-electron chi connectivity index (χ1n) is 9.24. The third-order valence-electron chi connectivity index (χ3n) is 5.14. The van der Waals surface area contributed by atoms with Gasteiger partial charge in [-0.05, 0) is 24.9 Å². The van der Waals surface area contributed by atoms with E-state index in [0.29, 0.717) is 32.2 Å². The number of benzene rings is 1. The van der Waals surface area contributed by atoms with Gasteiger partial charge in [-0.1, -0.05) is 36.8 Å². The summed E-state index contributed by atoms with van der Waals surface area (Å²) >= 11 is 0. The van der Waals surface area contributed by atoms with E-state index >= 15 is 0 Å². The molecule has 1 aromatic carbocycles. The largest absolute Gasteiger partial charge is 0.386 e. The van der Waals surface area contributed by atoms with Crippen molar-refractivity contribution in [2.75, 3.05) is 32.8 Å². The standard InChI is InChI=1S/C19H29N3O3/c23-18(21-14-19(24)9-11-25-15-19)20-12-17-8-4-5-10-22(17)13-16-6-2-1-3-7-16/h1-3,6-7,17,24H,4-5,8-15H2,(H2,20,21,23). The van der Waals surface area contributed by atoms with Crippen molar-refractivity contribution in [2.45, 2.75) is 43.9 Å². The van der Waals surface area contributed by atoms with E-state index in [-0.39, 0.29) is 12.6 Å². The lowest BCUT2D eigenvalue weighted by Crippen LogP contribution is -2.51. The Morgan fingerprint density at radius 1 is 1.28 bits per heavy atom. The molecule has 0 saturated carbocycles. The summed E-state index contributed by atoms with van der Waals surface area (Å²) in [4.78, 5) is 14.5. The van der Waals surface area contributed by atoms with Crippen LogP contribution in [0.2, 0.25) is 0 Å². The van der Waals surface area contributed by atoms with Gasteiger partial charge in [-0.25, -0.2) is 4.79 Å². The van der Waals surface area contributed by atoms with Gasteiger partial charge in [-0.3, -0.25) is 4.90 Å². The first kappa shape index (κ1) is 18.2. The van der Waals surface area contributed by atoms with Gasteiger partial charge in [0.25, 0.3) is 0 Å². The molecule has 2 aliphatic rings. The van der Waals surface area contributed by atoms with Crippen LogP contribution in [0.4, 0.5) is 4.79 Å². The van der Waals surface area contributed by atoms with Crippen molar-refractivity contribution in [2.24, 2.45) is 0 Å². The Morgan fingerprint density at radius 2 is 2.12 bits per heavy atom. The Bertz CT molecular complexity index is 546. The predicted octanol–water partition coefficient (Wildman–Crippen LogP) is 1.49. The molecular weight excluding hydrogens is 318 g/mol. The summed E-state index contributed by atoms with van der Waals surface area (Å²) in [5.41, 5.74) is 0.393. The van der Waals surface area contributed by atoms with Crippen LogP contribution in [-0.4, -0.2) is 60.5 Å². The Hall–Kier alpha value is -1.63. The van der Waals surface area contributed by atoms with Crippen molar-refractivity contribution >= 4 is 6.03 Å². The number of piperidine rings is 1. The molecule has 2 aliphatic heterocycles. The average molecular weight is 347 g/mol. The lowest BCUT2D eigenvalue weighted by Gasteiger charge is -2.36. The van der Waals surface area contributed by atoms with Gasteiger partial charge in [0, 0.05) is 32.2 Å². The minimum atomic E-state index is -0.915. The molecule has 2 atom stereocenters. The zero-order valence-electron chi connectivity index (χ0n) is 14.7. The van der Waals surface area contributed by atoms with Gasteiger partial charge in [0.1, 0.15) is 5.60 Å². The zero-order valence-corrected chi connectivity index (χ0v) is 14.7. The van der Waals surface area contributed by atoms with Crippen LogP contribution in [0.15, 0.2) is 30.3 Å². The van der Waals surface area contributed by atoms with E-state index in [4.69, 9.17) is 4.74 Å². The molecule has 2 unspecified atom stereocenters. The second-order valence-corrected chi connectivity index (χ2v) is 7.20. The zero-order chi connectivity index (χ0) is 17.5. The van der Waals surface area contributed by atoms with Gasteiger partial charge in [-0.15, -0.1) is 0 Å². The third kappa shape index (κ3) is 5.42. The molecule has 6 nitrogen and oxygen atoms in total. The quantitative estimate of drug-likeness (QED) is 0.729. The summed E-state index contributed by atoms with van der Waals surface area (Å²) < 4.78 is 5.19. The van der Waals surface area contributed by atoms with Crippen molar-refractivity contribution in [1.29, 1.82) is 0 Å². The maximum absolute atomic E-state index is 12.1. The van der Waals surface area contributed by atoms with Crippen LogP contribution in [0.3, 0.4) is 0 Å². The van der Waals surface area contributed by atoms with Crippen molar-refractivity contribution in [3.63, 3.8) is 0 Å². The molecule has 3 rings (SSSR count). The topological polar surface area (TPSA) is 73.8 Å². The molecule has 2 amide bonds. The number of aliphatic hydroxyl groups is 1. The second kappa shape index (κ2) is 8.65. The van der Waals surface area contributed by atoms with Crippen molar-refractivity contribution in [3.8, 4) is 0 Å². The molecule has 0 radical (unpaired) electrons. The van der Waals surface area contributed by atoms with Crippen LogP contribution >= 0.6 is 0 Å². The number of carbonyl (C=O) groups excluding carboxylic acids is 1. The highest BCUT2D eigenvalue weighted by molar-refractivity contribution is 5.73. The number of rotatable bonds is 6. The second-order valence-electron chi connectivity index (χ2n) is 7.20. The number of nitrogens with one attached hydrogen (secondary N) is 2. The van der Waals surface area contributed by atoms with E-state index in [2.05, 4.69) is 39.8 Å². The lowest BCUT2D eigenvalue weighted by atomic mass is 10.0. The van der Waals surface area contributed by atoms with Crippen molar-refractivity contribution in [3.05, 3.63) is 35.9 Å². The molecular formula is C19H29N3O3. The number of ether oxygens (including phenoxy) is 1. The number of amides is 2. The third-order valence-corrected chi connectivity index (χ3v) is 5.14. The highest BCUT2D eigenvalue weighted by Gasteiger charge is 2.32. The minimum absolute atomic E-state index is 0.217. The molecule has 0 bridgehead atoms. The SMILES string of the molecule is O=C(NCC1CCCCN1Cc1ccccc1)NCC1(O)CCOC1. The molecule has 2 saturated heterocycles. The first-order valence-corrected chi connectivity index (χ1v) is 9.24. The molecule has 2 fully saturated rings. The lowest BCUT2D eigenvalue weighted by molar-refractivity contribution is 0.0291. The van der Waals surface area contributed by atoms with Gasteiger partial charge in [0.05, 0.1) is 13.2 Å². The summed E-state index contributed by atoms with van der Waals surface area (Å²) in [6.07, 6.45) is 4.09. The van der Waals surface area contributed by atoms with Crippen LogP contribution in [0.25, 0.3) is 0 Å². The fourth-order valence-corrected chi connectivity index (χ4v) is 3.57. The van der Waals surface area contributed by atoms with Crippen LogP contribution in [0, 0.1) is 0 Å². The summed E-state index contributed by atoms with van der Waals surface area (Å²) in [6.45, 7) is 3.70. The van der Waals surface area contributed by atoms with Gasteiger partial charge in [0.2, 0.25) is 0 Å². The Labute approximate surface area is 149 Å². The Morgan fingerprint density at radius 3 is 2.88 bits per heavy atom. The van der Waals surface area contributed by atoms with E-state index in [1.54, 1.807) is 0 Å². The molecule has 138 valence electrons. The molecule has 1 aromatic rings. The Balaban J connectivity index is 1.44. The predicted molar refractivity (Wildman–Crippen MR) is 96.3 cm³/mol. The van der Waals surface area contributed by atoms with Gasteiger partial charge >= 0.3 is 6.03 Å². The molecule has 25 heavy (non-hydrogen) atoms. The number of hydrogen-bond donors (Lipinski definition) is 3. The van der Waals surface area contributed by atoms with Gasteiger partial charge < -0.3 is 20.5 Å². The van der Waals surface area contributed by atoms with Crippen LogP contribution in [0.1, 0.15) is 31.2 Å². The highest BCUT2D eigenvalue weighted by atomic mass is 16.5. The van der Waals surface area contributed by atoms with Gasteiger partial charge in [-0.2, -0.15) is 0 Å². The minimum Gasteiger partial charge on any atom is -0.386 e. The Kier molecular flexibility index (Phi) is 6.29. The summed E-state index contributed by atoms with van der Waals surface area (Å²) in [6, 6.07) is 10.6. The maximum Gasteiger partial charge on any atom is 0.314 e. The number of likely N-dealkylation sites (tertiary alicyclic amines) is 1. The van der Waals surface area contributed by atoms with Crippen LogP contribution in [-0.2, 0) is 11.3 Å². The first-order chi connectivity index (χ1) is 12.1.